The number of pyridine rings is 1. The number of aromatic nitrogens is 1. The number of fused-ring (bicyclic) bond motifs is 9. The molecule has 6 fully saturated rings. The fourth-order valence-corrected chi connectivity index (χ4v) is 12.9. The molecule has 6 heteroatoms. The lowest BCUT2D eigenvalue weighted by Gasteiger charge is -2.63. The SMILES string of the molecule is CCC12CCCC(C)(CCCC(c3cc(C(=O)NCC4CCCC5(C)CC(C)(CC(C)CC4)C5)c(N4CCOCC4)cn3)CC1)[N+]2(C)CC. The van der Waals surface area contributed by atoms with Gasteiger partial charge < -0.3 is 19.4 Å². The Kier molecular flexibility index (Phi) is 11.2. The Balaban J connectivity index is 1.21. The van der Waals surface area contributed by atoms with E-state index in [-0.39, 0.29) is 5.91 Å². The van der Waals surface area contributed by atoms with E-state index in [9.17, 15) is 4.79 Å². The van der Waals surface area contributed by atoms with Crippen molar-refractivity contribution in [2.45, 2.75) is 168 Å². The quantitative estimate of drug-likeness (QED) is 0.292. The maximum absolute atomic E-state index is 14.3. The topological polar surface area (TPSA) is 54.5 Å². The highest BCUT2D eigenvalue weighted by molar-refractivity contribution is 5.99. The molecule has 6 aliphatic rings. The molecule has 1 N–H and O–H groups in total. The van der Waals surface area contributed by atoms with E-state index in [1.165, 1.54) is 120 Å². The van der Waals surface area contributed by atoms with Gasteiger partial charge in [-0.1, -0.05) is 40.5 Å². The van der Waals surface area contributed by atoms with Gasteiger partial charge >= 0.3 is 0 Å². The first-order chi connectivity index (χ1) is 23.4. The van der Waals surface area contributed by atoms with Crippen LogP contribution in [0.1, 0.15) is 173 Å². The minimum absolute atomic E-state index is 0.0981. The summed E-state index contributed by atoms with van der Waals surface area (Å²) in [5.41, 5.74) is 4.74. The molecule has 276 valence electrons. The van der Waals surface area contributed by atoms with Crippen LogP contribution in [-0.2, 0) is 4.74 Å². The van der Waals surface area contributed by atoms with Crippen molar-refractivity contribution in [1.82, 2.24) is 10.3 Å². The second kappa shape index (κ2) is 14.8. The van der Waals surface area contributed by atoms with E-state index in [2.05, 4.69) is 64.9 Å². The van der Waals surface area contributed by atoms with Crippen molar-refractivity contribution in [3.63, 3.8) is 0 Å². The maximum atomic E-state index is 14.3. The number of hydrogen-bond acceptors (Lipinski definition) is 4. The summed E-state index contributed by atoms with van der Waals surface area (Å²) in [5.74, 6) is 1.82. The Morgan fingerprint density at radius 2 is 1.67 bits per heavy atom. The highest BCUT2D eigenvalue weighted by atomic mass is 16.5. The van der Waals surface area contributed by atoms with E-state index in [1.54, 1.807) is 0 Å². The van der Waals surface area contributed by atoms with Crippen LogP contribution in [0.25, 0.3) is 0 Å². The Morgan fingerprint density at radius 3 is 2.41 bits per heavy atom. The third kappa shape index (κ3) is 7.48. The molecule has 1 aromatic rings. The fourth-order valence-electron chi connectivity index (χ4n) is 12.9. The molecule has 0 radical (unpaired) electrons. The average molecular weight is 678 g/mol. The fraction of sp³-hybridized carbons (Fsp3) is 0.860. The number of morpholine rings is 1. The van der Waals surface area contributed by atoms with Crippen molar-refractivity contribution in [1.29, 1.82) is 0 Å². The molecule has 0 aromatic carbocycles. The second-order valence-electron chi connectivity index (χ2n) is 19.1. The molecule has 4 heterocycles. The molecule has 4 bridgehead atoms. The summed E-state index contributed by atoms with van der Waals surface area (Å²) in [6.07, 6.45) is 24.0. The standard InChI is InChI=1S/C43H72N4O2/c1-8-43-21-12-20-42(6,47(43,7)9-2)19-11-14-35(17-22-43)37-27-36(38(30-44-37)46-23-25-49-26-24-46)39(48)45-29-34-13-10-18-40(4)31-41(5,32-40)28-33(3)15-16-34/h27,30,33-35H,8-26,28-29,31-32H2,1-7H3/p+1. The lowest BCUT2D eigenvalue weighted by molar-refractivity contribution is -1.01. The molecule has 3 aliphatic heterocycles. The predicted octanol–water partition coefficient (Wildman–Crippen LogP) is 9.67. The number of carbonyl (C=O) groups excluding carboxylic acids is 1. The highest BCUT2D eigenvalue weighted by Gasteiger charge is 2.58. The third-order valence-corrected chi connectivity index (χ3v) is 15.6. The minimum atomic E-state index is 0.0981. The molecule has 6 nitrogen and oxygen atoms in total. The molecular weight excluding hydrogens is 604 g/mol. The van der Waals surface area contributed by atoms with Crippen LogP contribution in [0.5, 0.6) is 0 Å². The molecule has 3 saturated carbocycles. The molecule has 7 rings (SSSR count). The van der Waals surface area contributed by atoms with Gasteiger partial charge in [-0.3, -0.25) is 9.78 Å². The molecule has 0 spiro atoms. The monoisotopic (exact) mass is 678 g/mol. The van der Waals surface area contributed by atoms with Gasteiger partial charge in [-0.25, -0.2) is 0 Å². The van der Waals surface area contributed by atoms with E-state index >= 15 is 0 Å². The smallest absolute Gasteiger partial charge is 0.253 e. The number of nitrogens with one attached hydrogen (secondary N) is 1. The Morgan fingerprint density at radius 1 is 0.939 bits per heavy atom. The van der Waals surface area contributed by atoms with Crippen LogP contribution in [0, 0.1) is 22.7 Å². The number of rotatable bonds is 7. The van der Waals surface area contributed by atoms with Crippen molar-refractivity contribution in [3.8, 4) is 0 Å². The van der Waals surface area contributed by atoms with Crippen LogP contribution in [0.15, 0.2) is 12.3 Å². The van der Waals surface area contributed by atoms with Gasteiger partial charge in [-0.2, -0.15) is 0 Å². The Labute approximate surface area is 300 Å². The van der Waals surface area contributed by atoms with E-state index in [0.717, 1.165) is 42.5 Å². The summed E-state index contributed by atoms with van der Waals surface area (Å²) in [7, 11) is 2.59. The number of ether oxygens (including phenoxy) is 1. The summed E-state index contributed by atoms with van der Waals surface area (Å²) in [6.45, 7) is 20.0. The molecular formula is C43H73N4O2+. The van der Waals surface area contributed by atoms with Gasteiger partial charge in [-0.05, 0) is 113 Å². The largest absolute Gasteiger partial charge is 0.378 e. The van der Waals surface area contributed by atoms with Crippen molar-refractivity contribution in [2.24, 2.45) is 22.7 Å². The first kappa shape index (κ1) is 37.1. The van der Waals surface area contributed by atoms with Gasteiger partial charge in [0.05, 0.1) is 55.3 Å². The lowest BCUT2D eigenvalue weighted by Crippen LogP contribution is -2.73. The predicted molar refractivity (Wildman–Crippen MR) is 203 cm³/mol. The zero-order valence-corrected chi connectivity index (χ0v) is 32.8. The maximum Gasteiger partial charge on any atom is 0.253 e. The van der Waals surface area contributed by atoms with Crippen molar-refractivity contribution < 1.29 is 14.0 Å². The molecule has 3 aliphatic carbocycles. The van der Waals surface area contributed by atoms with Crippen LogP contribution in [-0.4, -0.2) is 72.9 Å². The summed E-state index contributed by atoms with van der Waals surface area (Å²) in [4.78, 5) is 21.9. The van der Waals surface area contributed by atoms with Crippen molar-refractivity contribution in [3.05, 3.63) is 23.5 Å². The number of quaternary nitrogens is 1. The Bertz CT molecular complexity index is 1290. The van der Waals surface area contributed by atoms with Crippen molar-refractivity contribution >= 4 is 11.6 Å². The molecule has 1 amide bonds. The van der Waals surface area contributed by atoms with E-state index in [4.69, 9.17) is 9.72 Å². The summed E-state index contributed by atoms with van der Waals surface area (Å²) in [5, 5.41) is 3.51. The Hall–Kier alpha value is -1.66. The number of hydrogen-bond donors (Lipinski definition) is 1. The molecule has 6 atom stereocenters. The van der Waals surface area contributed by atoms with E-state index in [0.29, 0.717) is 47.0 Å². The third-order valence-electron chi connectivity index (χ3n) is 15.6. The minimum Gasteiger partial charge on any atom is -0.378 e. The number of anilines is 1. The normalized spacial score (nSPS) is 40.6. The molecule has 3 saturated heterocycles. The van der Waals surface area contributed by atoms with E-state index < -0.39 is 0 Å². The van der Waals surface area contributed by atoms with Gasteiger partial charge in [0.15, 0.2) is 0 Å². The first-order valence-electron chi connectivity index (χ1n) is 20.8. The number of piperidine rings is 1. The first-order valence-corrected chi connectivity index (χ1v) is 20.8. The number of carbonyl (C=O) groups is 1. The zero-order valence-electron chi connectivity index (χ0n) is 32.8. The second-order valence-corrected chi connectivity index (χ2v) is 19.1. The average Bonchev–Trinajstić information content (AvgIpc) is 3.10. The van der Waals surface area contributed by atoms with Crippen LogP contribution < -0.4 is 10.2 Å². The van der Waals surface area contributed by atoms with E-state index in [1.807, 2.05) is 6.20 Å². The van der Waals surface area contributed by atoms with Crippen LogP contribution >= 0.6 is 0 Å². The molecule has 6 unspecified atom stereocenters. The van der Waals surface area contributed by atoms with Gasteiger partial charge in [0.2, 0.25) is 0 Å². The lowest BCUT2D eigenvalue weighted by atomic mass is 9.51. The molecule has 49 heavy (non-hydrogen) atoms. The molecule has 1 aromatic heterocycles. The number of amides is 1. The van der Waals surface area contributed by atoms with Gasteiger partial charge in [0.1, 0.15) is 0 Å². The summed E-state index contributed by atoms with van der Waals surface area (Å²) >= 11 is 0. The van der Waals surface area contributed by atoms with Gasteiger partial charge in [0.25, 0.3) is 5.91 Å². The van der Waals surface area contributed by atoms with Crippen LogP contribution in [0.2, 0.25) is 0 Å². The number of nitrogens with zero attached hydrogens (tertiary/aromatic N) is 3. The summed E-state index contributed by atoms with van der Waals surface area (Å²) < 4.78 is 6.93. The van der Waals surface area contributed by atoms with Crippen LogP contribution in [0.4, 0.5) is 5.69 Å². The highest BCUT2D eigenvalue weighted by Crippen LogP contribution is 2.60. The van der Waals surface area contributed by atoms with Gasteiger partial charge in [-0.15, -0.1) is 0 Å². The van der Waals surface area contributed by atoms with Crippen LogP contribution in [0.3, 0.4) is 0 Å². The zero-order chi connectivity index (χ0) is 34.9. The summed E-state index contributed by atoms with van der Waals surface area (Å²) in [6, 6.07) is 2.22. The van der Waals surface area contributed by atoms with Crippen molar-refractivity contribution in [2.75, 3.05) is 51.3 Å². The van der Waals surface area contributed by atoms with Gasteiger partial charge in [0, 0.05) is 56.9 Å².